The van der Waals surface area contributed by atoms with Crippen molar-refractivity contribution < 1.29 is 0 Å². The predicted octanol–water partition coefficient (Wildman–Crippen LogP) is 3.25. The van der Waals surface area contributed by atoms with Crippen LogP contribution in [0, 0.1) is 0 Å². The van der Waals surface area contributed by atoms with E-state index in [1.165, 1.54) is 11.3 Å². The van der Waals surface area contributed by atoms with Crippen molar-refractivity contribution in [2.45, 2.75) is 19.0 Å². The van der Waals surface area contributed by atoms with Gasteiger partial charge in [0, 0.05) is 38.4 Å². The van der Waals surface area contributed by atoms with Gasteiger partial charge in [0.15, 0.2) is 5.96 Å². The van der Waals surface area contributed by atoms with Crippen LogP contribution in [0.4, 0.5) is 5.69 Å². The minimum Gasteiger partial charge on any atom is -0.369 e. The molecule has 5 heteroatoms. The average molecular weight is 436 g/mol. The maximum atomic E-state index is 4.34. The highest BCUT2D eigenvalue weighted by molar-refractivity contribution is 14.0. The summed E-state index contributed by atoms with van der Waals surface area (Å²) in [5, 5.41) is 6.92. The van der Waals surface area contributed by atoms with E-state index < -0.39 is 0 Å². The molecule has 4 nitrogen and oxygen atoms in total. The maximum absolute atomic E-state index is 4.34. The summed E-state index contributed by atoms with van der Waals surface area (Å²) in [6.45, 7) is 2.88. The van der Waals surface area contributed by atoms with Crippen LogP contribution in [0.2, 0.25) is 0 Å². The van der Waals surface area contributed by atoms with Crippen LogP contribution in [-0.2, 0) is 6.54 Å². The zero-order chi connectivity index (χ0) is 15.9. The number of nitrogens with one attached hydrogen (secondary N) is 2. The number of anilines is 1. The lowest BCUT2D eigenvalue weighted by Crippen LogP contribution is -2.44. The summed E-state index contributed by atoms with van der Waals surface area (Å²) >= 11 is 0. The van der Waals surface area contributed by atoms with Crippen LogP contribution >= 0.6 is 24.0 Å². The lowest BCUT2D eigenvalue weighted by atomic mass is 10.2. The Hall–Kier alpha value is -1.76. The second-order valence-corrected chi connectivity index (χ2v) is 5.82. The molecule has 0 spiro atoms. The molecule has 1 heterocycles. The summed E-state index contributed by atoms with van der Waals surface area (Å²) in [6, 6.07) is 21.4. The van der Waals surface area contributed by atoms with Gasteiger partial charge < -0.3 is 15.5 Å². The molecule has 0 aliphatic carbocycles. The Morgan fingerprint density at radius 2 is 1.75 bits per heavy atom. The SMILES string of the molecule is CN=C(NCc1ccccc1)NC1CCN(c2ccccc2)C1.I. The maximum Gasteiger partial charge on any atom is 0.191 e. The fraction of sp³-hybridized carbons (Fsp3) is 0.316. The van der Waals surface area contributed by atoms with E-state index in [-0.39, 0.29) is 24.0 Å². The molecule has 24 heavy (non-hydrogen) atoms. The van der Waals surface area contributed by atoms with Crippen LogP contribution in [0.1, 0.15) is 12.0 Å². The standard InChI is InChI=1S/C19H24N4.HI/c1-20-19(21-14-16-8-4-2-5-9-16)22-17-12-13-23(15-17)18-10-6-3-7-11-18;/h2-11,17H,12-15H2,1H3,(H2,20,21,22);1H. The van der Waals surface area contributed by atoms with Crippen LogP contribution in [0.5, 0.6) is 0 Å². The van der Waals surface area contributed by atoms with Crippen molar-refractivity contribution in [1.82, 2.24) is 10.6 Å². The molecule has 1 saturated heterocycles. The van der Waals surface area contributed by atoms with Crippen LogP contribution in [0.25, 0.3) is 0 Å². The third-order valence-electron chi connectivity index (χ3n) is 4.18. The number of rotatable bonds is 4. The van der Waals surface area contributed by atoms with Crippen molar-refractivity contribution >= 4 is 35.6 Å². The largest absolute Gasteiger partial charge is 0.369 e. The lowest BCUT2D eigenvalue weighted by Gasteiger charge is -2.20. The topological polar surface area (TPSA) is 39.7 Å². The van der Waals surface area contributed by atoms with Crippen LogP contribution in [0.15, 0.2) is 65.7 Å². The summed E-state index contributed by atoms with van der Waals surface area (Å²) in [7, 11) is 1.82. The number of benzene rings is 2. The summed E-state index contributed by atoms with van der Waals surface area (Å²) in [5.41, 5.74) is 2.55. The summed E-state index contributed by atoms with van der Waals surface area (Å²) in [6.07, 6.45) is 1.13. The Balaban J connectivity index is 0.00000208. The van der Waals surface area contributed by atoms with Gasteiger partial charge in [-0.1, -0.05) is 48.5 Å². The van der Waals surface area contributed by atoms with Crippen molar-refractivity contribution in [2.24, 2.45) is 4.99 Å². The number of nitrogens with zero attached hydrogens (tertiary/aromatic N) is 2. The highest BCUT2D eigenvalue weighted by Crippen LogP contribution is 2.19. The van der Waals surface area contributed by atoms with Crippen LogP contribution < -0.4 is 15.5 Å². The molecule has 0 amide bonds. The first-order valence-corrected chi connectivity index (χ1v) is 8.16. The van der Waals surface area contributed by atoms with Crippen LogP contribution in [-0.4, -0.2) is 32.1 Å². The smallest absolute Gasteiger partial charge is 0.191 e. The number of aliphatic imine (C=N–C) groups is 1. The van der Waals surface area contributed by atoms with Crippen molar-refractivity contribution in [3.8, 4) is 0 Å². The molecule has 0 aromatic heterocycles. The van der Waals surface area contributed by atoms with Crippen molar-refractivity contribution in [2.75, 3.05) is 25.0 Å². The lowest BCUT2D eigenvalue weighted by molar-refractivity contribution is 0.648. The fourth-order valence-corrected chi connectivity index (χ4v) is 2.92. The molecule has 1 fully saturated rings. The first-order valence-electron chi connectivity index (χ1n) is 8.16. The van der Waals surface area contributed by atoms with Gasteiger partial charge in [0.2, 0.25) is 0 Å². The van der Waals surface area contributed by atoms with E-state index >= 15 is 0 Å². The van der Waals surface area contributed by atoms with E-state index in [1.54, 1.807) is 0 Å². The van der Waals surface area contributed by atoms with Gasteiger partial charge >= 0.3 is 0 Å². The Morgan fingerprint density at radius 3 is 2.42 bits per heavy atom. The van der Waals surface area contributed by atoms with Gasteiger partial charge in [-0.2, -0.15) is 0 Å². The fourth-order valence-electron chi connectivity index (χ4n) is 2.92. The number of halogens is 1. The Kier molecular flexibility index (Phi) is 7.36. The summed E-state index contributed by atoms with van der Waals surface area (Å²) in [5.74, 6) is 0.869. The van der Waals surface area contributed by atoms with Crippen molar-refractivity contribution in [1.29, 1.82) is 0 Å². The van der Waals surface area contributed by atoms with Crippen molar-refractivity contribution in [3.63, 3.8) is 0 Å². The van der Waals surface area contributed by atoms with E-state index in [0.717, 1.165) is 32.0 Å². The second-order valence-electron chi connectivity index (χ2n) is 5.82. The van der Waals surface area contributed by atoms with E-state index in [2.05, 4.69) is 75.1 Å². The summed E-state index contributed by atoms with van der Waals surface area (Å²) < 4.78 is 0. The van der Waals surface area contributed by atoms with Gasteiger partial charge in [-0.15, -0.1) is 24.0 Å². The normalized spacial score (nSPS) is 17.3. The zero-order valence-corrected chi connectivity index (χ0v) is 16.3. The molecule has 0 bridgehead atoms. The highest BCUT2D eigenvalue weighted by Gasteiger charge is 2.23. The second kappa shape index (κ2) is 9.52. The Labute approximate surface area is 161 Å². The zero-order valence-electron chi connectivity index (χ0n) is 14.0. The molecule has 1 atom stereocenters. The first-order chi connectivity index (χ1) is 11.3. The minimum atomic E-state index is 0. The molecule has 1 aliphatic heterocycles. The molecule has 3 rings (SSSR count). The molecule has 0 saturated carbocycles. The van der Waals surface area contributed by atoms with E-state index in [1.807, 2.05) is 13.1 Å². The molecule has 1 unspecified atom stereocenters. The molecule has 128 valence electrons. The third-order valence-corrected chi connectivity index (χ3v) is 4.18. The number of hydrogen-bond donors (Lipinski definition) is 2. The monoisotopic (exact) mass is 436 g/mol. The van der Waals surface area contributed by atoms with Crippen molar-refractivity contribution in [3.05, 3.63) is 66.2 Å². The van der Waals surface area contributed by atoms with Gasteiger partial charge in [-0.05, 0) is 24.1 Å². The van der Waals surface area contributed by atoms with Gasteiger partial charge in [-0.25, -0.2) is 0 Å². The molecular formula is C19H25IN4. The Morgan fingerprint density at radius 1 is 1.08 bits per heavy atom. The van der Waals surface area contributed by atoms with E-state index in [4.69, 9.17) is 0 Å². The minimum absolute atomic E-state index is 0. The van der Waals surface area contributed by atoms with Gasteiger partial charge in [0.1, 0.15) is 0 Å². The van der Waals surface area contributed by atoms with Gasteiger partial charge in [-0.3, -0.25) is 4.99 Å². The Bertz CT molecular complexity index is 630. The number of para-hydroxylation sites is 1. The molecule has 2 N–H and O–H groups in total. The average Bonchev–Trinajstić information content (AvgIpc) is 3.09. The predicted molar refractivity (Wildman–Crippen MR) is 112 cm³/mol. The quantitative estimate of drug-likeness (QED) is 0.439. The number of guanidine groups is 1. The molecular weight excluding hydrogens is 411 g/mol. The third kappa shape index (κ3) is 5.12. The molecule has 2 aromatic carbocycles. The van der Waals surface area contributed by atoms with E-state index in [0.29, 0.717) is 6.04 Å². The van der Waals surface area contributed by atoms with E-state index in [9.17, 15) is 0 Å². The highest BCUT2D eigenvalue weighted by atomic mass is 127. The summed E-state index contributed by atoms with van der Waals surface area (Å²) in [4.78, 5) is 6.76. The van der Waals surface area contributed by atoms with Crippen LogP contribution in [0.3, 0.4) is 0 Å². The molecule has 2 aromatic rings. The number of hydrogen-bond acceptors (Lipinski definition) is 2. The van der Waals surface area contributed by atoms with Gasteiger partial charge in [0.05, 0.1) is 0 Å². The molecule has 0 radical (unpaired) electrons. The molecule has 1 aliphatic rings. The van der Waals surface area contributed by atoms with Gasteiger partial charge in [0.25, 0.3) is 0 Å². The first kappa shape index (κ1) is 18.6.